The summed E-state index contributed by atoms with van der Waals surface area (Å²) in [4.78, 5) is 29.0. The van der Waals surface area contributed by atoms with Crippen LogP contribution in [0.3, 0.4) is 0 Å². The number of nitrogens with zero attached hydrogens (tertiary/aromatic N) is 1. The number of hydrogen-bond acceptors (Lipinski definition) is 3. The van der Waals surface area contributed by atoms with Crippen molar-refractivity contribution in [3.63, 3.8) is 0 Å². The van der Waals surface area contributed by atoms with Gasteiger partial charge in [0, 0.05) is 17.8 Å². The van der Waals surface area contributed by atoms with Crippen molar-refractivity contribution in [3.05, 3.63) is 28.1 Å². The molecule has 0 bridgehead atoms. The van der Waals surface area contributed by atoms with E-state index in [1.807, 2.05) is 0 Å². The van der Waals surface area contributed by atoms with Crippen LogP contribution in [-0.2, 0) is 4.79 Å². The second-order valence-electron chi connectivity index (χ2n) is 3.32. The fraction of sp³-hybridized carbons (Fsp3) is 0.100. The predicted octanol–water partition coefficient (Wildman–Crippen LogP) is 1.90. The number of carbonyl (C=O) groups is 2. The molecular formula is C10H7BrN2O3. The zero-order valence-corrected chi connectivity index (χ0v) is 9.83. The normalized spacial score (nSPS) is 10.6. The number of ketones is 1. The Labute approximate surface area is 98.6 Å². The minimum atomic E-state index is -1.46. The quantitative estimate of drug-likeness (QED) is 0.501. The molecule has 0 saturated carbocycles. The predicted molar refractivity (Wildman–Crippen MR) is 60.5 cm³/mol. The zero-order valence-electron chi connectivity index (χ0n) is 8.24. The van der Waals surface area contributed by atoms with Crippen LogP contribution in [0.25, 0.3) is 10.9 Å². The van der Waals surface area contributed by atoms with Crippen LogP contribution in [0.15, 0.2) is 17.0 Å². The van der Waals surface area contributed by atoms with Crippen LogP contribution < -0.4 is 0 Å². The number of aromatic nitrogens is 2. The second-order valence-corrected chi connectivity index (χ2v) is 4.07. The molecule has 6 heteroatoms. The Bertz CT molecular complexity index is 603. The minimum Gasteiger partial charge on any atom is -0.475 e. The van der Waals surface area contributed by atoms with Crippen molar-refractivity contribution in [3.8, 4) is 0 Å². The van der Waals surface area contributed by atoms with E-state index in [4.69, 9.17) is 5.11 Å². The van der Waals surface area contributed by atoms with Crippen molar-refractivity contribution in [1.82, 2.24) is 9.97 Å². The van der Waals surface area contributed by atoms with Crippen LogP contribution in [0.4, 0.5) is 0 Å². The van der Waals surface area contributed by atoms with Gasteiger partial charge < -0.3 is 10.1 Å². The van der Waals surface area contributed by atoms with E-state index in [9.17, 15) is 9.59 Å². The fourth-order valence-corrected chi connectivity index (χ4v) is 1.99. The lowest BCUT2D eigenvalue weighted by Crippen LogP contribution is -2.12. The first-order valence-electron chi connectivity index (χ1n) is 4.42. The average Bonchev–Trinajstić information content (AvgIpc) is 2.67. The average molecular weight is 283 g/mol. The number of aliphatic carboxylic acids is 1. The van der Waals surface area contributed by atoms with Crippen LogP contribution >= 0.6 is 15.9 Å². The smallest absolute Gasteiger partial charge is 0.377 e. The Morgan fingerprint density at radius 3 is 2.81 bits per heavy atom. The Morgan fingerprint density at radius 2 is 2.19 bits per heavy atom. The maximum atomic E-state index is 11.4. The molecule has 0 aliphatic heterocycles. The molecule has 0 radical (unpaired) electrons. The summed E-state index contributed by atoms with van der Waals surface area (Å²) >= 11 is 3.23. The van der Waals surface area contributed by atoms with Crippen molar-refractivity contribution in [2.24, 2.45) is 0 Å². The molecule has 2 rings (SSSR count). The summed E-state index contributed by atoms with van der Waals surface area (Å²) in [7, 11) is 0. The van der Waals surface area contributed by atoms with Crippen LogP contribution in [-0.4, -0.2) is 26.8 Å². The van der Waals surface area contributed by atoms with Gasteiger partial charge in [-0.15, -0.1) is 0 Å². The summed E-state index contributed by atoms with van der Waals surface area (Å²) < 4.78 is 0.553. The number of hydrogen-bond donors (Lipinski definition) is 2. The Balaban J connectivity index is 2.78. The summed E-state index contributed by atoms with van der Waals surface area (Å²) in [5.74, 6) is -2.39. The van der Waals surface area contributed by atoms with E-state index in [1.54, 1.807) is 13.1 Å². The van der Waals surface area contributed by atoms with Crippen LogP contribution in [0, 0.1) is 6.92 Å². The molecule has 0 aliphatic carbocycles. The molecule has 2 heterocycles. The van der Waals surface area contributed by atoms with Gasteiger partial charge >= 0.3 is 5.97 Å². The fourth-order valence-electron chi connectivity index (χ4n) is 1.57. The lowest BCUT2D eigenvalue weighted by Gasteiger charge is -1.99. The zero-order chi connectivity index (χ0) is 11.9. The van der Waals surface area contributed by atoms with Gasteiger partial charge in [0.2, 0.25) is 0 Å². The van der Waals surface area contributed by atoms with E-state index in [2.05, 4.69) is 25.9 Å². The second kappa shape index (κ2) is 3.71. The maximum absolute atomic E-state index is 11.4. The van der Waals surface area contributed by atoms with Gasteiger partial charge in [0.15, 0.2) is 0 Å². The number of aromatic amines is 1. The van der Waals surface area contributed by atoms with Crippen molar-refractivity contribution < 1.29 is 14.7 Å². The first-order chi connectivity index (χ1) is 7.52. The molecule has 5 nitrogen and oxygen atoms in total. The van der Waals surface area contributed by atoms with E-state index in [1.165, 1.54) is 6.20 Å². The molecule has 0 saturated heterocycles. The number of nitrogens with one attached hydrogen (secondary N) is 1. The van der Waals surface area contributed by atoms with Crippen molar-refractivity contribution >= 4 is 38.6 Å². The number of carbonyl (C=O) groups excluding carboxylic acids is 1. The van der Waals surface area contributed by atoms with Crippen molar-refractivity contribution in [2.45, 2.75) is 6.92 Å². The molecule has 2 N–H and O–H groups in total. The first kappa shape index (κ1) is 10.8. The third-order valence-corrected chi connectivity index (χ3v) is 2.89. The summed E-state index contributed by atoms with van der Waals surface area (Å²) in [5, 5.41) is 9.27. The lowest BCUT2D eigenvalue weighted by atomic mass is 10.1. The van der Waals surface area contributed by atoms with Gasteiger partial charge in [-0.3, -0.25) is 4.79 Å². The van der Waals surface area contributed by atoms with E-state index >= 15 is 0 Å². The van der Waals surface area contributed by atoms with Crippen LogP contribution in [0.5, 0.6) is 0 Å². The molecule has 16 heavy (non-hydrogen) atoms. The van der Waals surface area contributed by atoms with Gasteiger partial charge in [-0.1, -0.05) is 0 Å². The van der Waals surface area contributed by atoms with Crippen LogP contribution in [0.2, 0.25) is 0 Å². The molecule has 0 aromatic carbocycles. The first-order valence-corrected chi connectivity index (χ1v) is 5.21. The van der Waals surface area contributed by atoms with Gasteiger partial charge in [0.25, 0.3) is 5.78 Å². The van der Waals surface area contributed by atoms with E-state index in [0.717, 1.165) is 5.56 Å². The highest BCUT2D eigenvalue weighted by molar-refractivity contribution is 9.10. The highest BCUT2D eigenvalue weighted by Gasteiger charge is 2.21. The molecular weight excluding hydrogens is 276 g/mol. The SMILES string of the molecule is Cc1cnc(Br)c2[nH]cc(C(=O)C(=O)O)c12. The number of carboxylic acid groups (broad SMARTS) is 1. The third-order valence-electron chi connectivity index (χ3n) is 2.29. The van der Waals surface area contributed by atoms with E-state index < -0.39 is 11.8 Å². The van der Waals surface area contributed by atoms with Gasteiger partial charge in [-0.05, 0) is 28.4 Å². The minimum absolute atomic E-state index is 0.156. The van der Waals surface area contributed by atoms with E-state index in [-0.39, 0.29) is 5.56 Å². The number of Topliss-reactive ketones (excluding diaryl/α,β-unsaturated/α-hetero) is 1. The topological polar surface area (TPSA) is 83.0 Å². The molecule has 0 atom stereocenters. The number of halogens is 1. The van der Waals surface area contributed by atoms with Crippen LogP contribution in [0.1, 0.15) is 15.9 Å². The Kier molecular flexibility index (Phi) is 2.51. The summed E-state index contributed by atoms with van der Waals surface area (Å²) in [6, 6.07) is 0. The molecule has 0 amide bonds. The number of H-pyrrole nitrogens is 1. The number of fused-ring (bicyclic) bond motifs is 1. The molecule has 2 aromatic rings. The van der Waals surface area contributed by atoms with Gasteiger partial charge in [0.05, 0.1) is 11.1 Å². The summed E-state index contributed by atoms with van der Waals surface area (Å²) in [6.07, 6.45) is 2.97. The standard InChI is InChI=1S/C10H7BrN2O3/c1-4-2-13-9(11)7-6(4)5(3-12-7)8(14)10(15)16/h2-3,12H,1H3,(H,15,16). The van der Waals surface area contributed by atoms with Gasteiger partial charge in [0.1, 0.15) is 4.60 Å². The molecule has 0 aliphatic rings. The number of rotatable bonds is 2. The molecule has 82 valence electrons. The summed E-state index contributed by atoms with van der Waals surface area (Å²) in [6.45, 7) is 1.77. The molecule has 0 spiro atoms. The van der Waals surface area contributed by atoms with Gasteiger partial charge in [-0.2, -0.15) is 0 Å². The number of pyridine rings is 1. The lowest BCUT2D eigenvalue weighted by molar-refractivity contribution is -0.131. The monoisotopic (exact) mass is 282 g/mol. The van der Waals surface area contributed by atoms with Crippen molar-refractivity contribution in [1.29, 1.82) is 0 Å². The Hall–Kier alpha value is -1.69. The van der Waals surface area contributed by atoms with Gasteiger partial charge in [-0.25, -0.2) is 9.78 Å². The third kappa shape index (κ3) is 1.51. The van der Waals surface area contributed by atoms with Crippen molar-refractivity contribution in [2.75, 3.05) is 0 Å². The molecule has 0 unspecified atom stereocenters. The number of carboxylic acids is 1. The Morgan fingerprint density at radius 1 is 1.50 bits per heavy atom. The highest BCUT2D eigenvalue weighted by Crippen LogP contribution is 2.27. The largest absolute Gasteiger partial charge is 0.475 e. The summed E-state index contributed by atoms with van der Waals surface area (Å²) in [5.41, 5.74) is 1.54. The molecule has 2 aromatic heterocycles. The highest BCUT2D eigenvalue weighted by atomic mass is 79.9. The molecule has 0 fully saturated rings. The maximum Gasteiger partial charge on any atom is 0.377 e. The van der Waals surface area contributed by atoms with E-state index in [0.29, 0.717) is 15.5 Å². The number of aryl methyl sites for hydroxylation is 1.